The Hall–Kier alpha value is -1.32. The highest BCUT2D eigenvalue weighted by Gasteiger charge is 2.21. The molecular weight excluding hydrogens is 238 g/mol. The lowest BCUT2D eigenvalue weighted by Gasteiger charge is -2.24. The van der Waals surface area contributed by atoms with E-state index in [-0.39, 0.29) is 11.3 Å². The average Bonchev–Trinajstić information content (AvgIpc) is 2.75. The van der Waals surface area contributed by atoms with E-state index in [1.165, 1.54) is 32.1 Å². The summed E-state index contributed by atoms with van der Waals surface area (Å²) in [5.41, 5.74) is 0.0137. The van der Waals surface area contributed by atoms with Gasteiger partial charge < -0.3 is 5.32 Å². The number of hydrogen-bond donors (Lipinski definition) is 1. The van der Waals surface area contributed by atoms with Gasteiger partial charge in [-0.3, -0.25) is 4.79 Å². The quantitative estimate of drug-likeness (QED) is 0.902. The first-order valence-electron chi connectivity index (χ1n) is 7.29. The minimum absolute atomic E-state index is 0.0137. The van der Waals surface area contributed by atoms with E-state index in [0.29, 0.717) is 12.5 Å². The fourth-order valence-corrected chi connectivity index (χ4v) is 2.70. The molecule has 1 aliphatic carbocycles. The van der Waals surface area contributed by atoms with E-state index in [9.17, 15) is 4.79 Å². The molecule has 0 aromatic carbocycles. The molecule has 1 aromatic rings. The van der Waals surface area contributed by atoms with Crippen LogP contribution in [-0.4, -0.2) is 15.7 Å². The van der Waals surface area contributed by atoms with E-state index in [1.807, 2.05) is 10.7 Å². The third-order valence-corrected chi connectivity index (χ3v) is 3.55. The number of nitrogens with one attached hydrogen (secondary N) is 1. The largest absolute Gasteiger partial charge is 0.311 e. The van der Waals surface area contributed by atoms with Crippen LogP contribution in [0.5, 0.6) is 0 Å². The van der Waals surface area contributed by atoms with Gasteiger partial charge in [0.1, 0.15) is 5.82 Å². The van der Waals surface area contributed by atoms with Gasteiger partial charge in [0.25, 0.3) is 0 Å². The number of carbonyl (C=O) groups excluding carboxylic acids is 1. The minimum Gasteiger partial charge on any atom is -0.311 e. The molecule has 0 unspecified atom stereocenters. The fraction of sp³-hybridized carbons (Fsp3) is 0.733. The molecule has 1 amide bonds. The van der Waals surface area contributed by atoms with Crippen LogP contribution in [0.2, 0.25) is 0 Å². The van der Waals surface area contributed by atoms with Gasteiger partial charge in [-0.1, -0.05) is 40.0 Å². The van der Waals surface area contributed by atoms with E-state index < -0.39 is 0 Å². The number of nitrogens with zero attached hydrogens (tertiary/aromatic N) is 2. The van der Waals surface area contributed by atoms with Gasteiger partial charge in [0.05, 0.1) is 12.2 Å². The molecule has 0 saturated heterocycles. The number of rotatable bonds is 3. The van der Waals surface area contributed by atoms with Crippen molar-refractivity contribution in [1.82, 2.24) is 9.78 Å². The third kappa shape index (κ3) is 4.08. The average molecular weight is 263 g/mol. The van der Waals surface area contributed by atoms with E-state index in [0.717, 1.165) is 5.82 Å². The first kappa shape index (κ1) is 14.1. The fourth-order valence-electron chi connectivity index (χ4n) is 2.70. The van der Waals surface area contributed by atoms with Crippen molar-refractivity contribution in [3.63, 3.8) is 0 Å². The van der Waals surface area contributed by atoms with Crippen LogP contribution in [0.1, 0.15) is 65.3 Å². The molecular formula is C15H25N3O. The first-order chi connectivity index (χ1) is 8.96. The Morgan fingerprint density at radius 1 is 1.37 bits per heavy atom. The highest BCUT2D eigenvalue weighted by Crippen LogP contribution is 2.30. The Morgan fingerprint density at radius 3 is 2.68 bits per heavy atom. The monoisotopic (exact) mass is 263 g/mol. The summed E-state index contributed by atoms with van der Waals surface area (Å²) in [6.45, 7) is 6.22. The van der Waals surface area contributed by atoms with Gasteiger partial charge in [0, 0.05) is 12.5 Å². The Balaban J connectivity index is 2.01. The molecule has 4 heteroatoms. The zero-order valence-corrected chi connectivity index (χ0v) is 12.3. The zero-order chi connectivity index (χ0) is 13.9. The van der Waals surface area contributed by atoms with Crippen molar-refractivity contribution in [2.45, 2.75) is 65.3 Å². The normalized spacial score (nSPS) is 17.4. The van der Waals surface area contributed by atoms with E-state index >= 15 is 0 Å². The molecule has 0 spiro atoms. The number of anilines is 1. The van der Waals surface area contributed by atoms with Crippen LogP contribution in [0, 0.1) is 5.41 Å². The molecule has 1 heterocycles. The molecule has 106 valence electrons. The molecule has 2 rings (SSSR count). The lowest BCUT2D eigenvalue weighted by Crippen LogP contribution is -2.23. The zero-order valence-electron chi connectivity index (χ0n) is 12.3. The van der Waals surface area contributed by atoms with E-state index in [1.54, 1.807) is 6.20 Å². The van der Waals surface area contributed by atoms with Crippen LogP contribution in [-0.2, 0) is 4.79 Å². The maximum absolute atomic E-state index is 12.0. The topological polar surface area (TPSA) is 46.9 Å². The summed E-state index contributed by atoms with van der Waals surface area (Å²) in [6.07, 6.45) is 8.50. The standard InChI is InChI=1S/C15H25N3O/c1-15(2,3)11-14(19)17-13-9-10-16-18(13)12-7-5-4-6-8-12/h9-10,12H,4-8,11H2,1-3H3,(H,17,19). The molecule has 1 N–H and O–H groups in total. The molecule has 0 aliphatic heterocycles. The molecule has 0 radical (unpaired) electrons. The molecule has 0 bridgehead atoms. The predicted molar refractivity (Wildman–Crippen MR) is 77.1 cm³/mol. The lowest BCUT2D eigenvalue weighted by molar-refractivity contribution is -0.117. The Kier molecular flexibility index (Phi) is 4.27. The summed E-state index contributed by atoms with van der Waals surface area (Å²) in [5, 5.41) is 7.40. The molecule has 1 aliphatic rings. The second kappa shape index (κ2) is 5.76. The van der Waals surface area contributed by atoms with Crippen LogP contribution in [0.15, 0.2) is 12.3 Å². The van der Waals surface area contributed by atoms with Crippen LogP contribution in [0.3, 0.4) is 0 Å². The predicted octanol–water partition coefficient (Wildman–Crippen LogP) is 3.76. The first-order valence-corrected chi connectivity index (χ1v) is 7.29. The Morgan fingerprint density at radius 2 is 2.05 bits per heavy atom. The minimum atomic E-state index is 0.0137. The van der Waals surface area contributed by atoms with Gasteiger partial charge in [0.2, 0.25) is 5.91 Å². The molecule has 1 saturated carbocycles. The van der Waals surface area contributed by atoms with Crippen LogP contribution < -0.4 is 5.32 Å². The van der Waals surface area contributed by atoms with Crippen molar-refractivity contribution in [1.29, 1.82) is 0 Å². The Labute approximate surface area is 115 Å². The van der Waals surface area contributed by atoms with Crippen molar-refractivity contribution >= 4 is 11.7 Å². The number of aromatic nitrogens is 2. The van der Waals surface area contributed by atoms with Gasteiger partial charge >= 0.3 is 0 Å². The summed E-state index contributed by atoms with van der Waals surface area (Å²) < 4.78 is 2.00. The third-order valence-electron chi connectivity index (χ3n) is 3.55. The van der Waals surface area contributed by atoms with Gasteiger partial charge in [-0.2, -0.15) is 5.10 Å². The van der Waals surface area contributed by atoms with E-state index in [2.05, 4.69) is 31.2 Å². The van der Waals surface area contributed by atoms with Gasteiger partial charge in [0.15, 0.2) is 0 Å². The maximum Gasteiger partial charge on any atom is 0.226 e. The van der Waals surface area contributed by atoms with Gasteiger partial charge in [-0.25, -0.2) is 4.68 Å². The number of hydrogen-bond acceptors (Lipinski definition) is 2. The maximum atomic E-state index is 12.0. The summed E-state index contributed by atoms with van der Waals surface area (Å²) in [7, 11) is 0. The van der Waals surface area contributed by atoms with Crippen molar-refractivity contribution in [2.24, 2.45) is 5.41 Å². The molecule has 1 aromatic heterocycles. The number of amides is 1. The molecule has 4 nitrogen and oxygen atoms in total. The second-order valence-corrected chi connectivity index (χ2v) is 6.74. The Bertz CT molecular complexity index is 425. The molecule has 0 atom stereocenters. The summed E-state index contributed by atoms with van der Waals surface area (Å²) in [5.74, 6) is 0.922. The van der Waals surface area contributed by atoms with Crippen LogP contribution in [0.4, 0.5) is 5.82 Å². The van der Waals surface area contributed by atoms with Crippen molar-refractivity contribution in [3.8, 4) is 0 Å². The van der Waals surface area contributed by atoms with Gasteiger partial charge in [-0.15, -0.1) is 0 Å². The summed E-state index contributed by atoms with van der Waals surface area (Å²) in [4.78, 5) is 12.0. The number of carbonyl (C=O) groups is 1. The van der Waals surface area contributed by atoms with Crippen molar-refractivity contribution in [3.05, 3.63) is 12.3 Å². The van der Waals surface area contributed by atoms with E-state index in [4.69, 9.17) is 0 Å². The second-order valence-electron chi connectivity index (χ2n) is 6.74. The highest BCUT2D eigenvalue weighted by atomic mass is 16.1. The van der Waals surface area contributed by atoms with Crippen molar-refractivity contribution < 1.29 is 4.79 Å². The van der Waals surface area contributed by atoms with Gasteiger partial charge in [-0.05, 0) is 18.3 Å². The highest BCUT2D eigenvalue weighted by molar-refractivity contribution is 5.90. The molecule has 1 fully saturated rings. The molecule has 19 heavy (non-hydrogen) atoms. The van der Waals surface area contributed by atoms with Crippen molar-refractivity contribution in [2.75, 3.05) is 5.32 Å². The smallest absolute Gasteiger partial charge is 0.226 e. The summed E-state index contributed by atoms with van der Waals surface area (Å²) >= 11 is 0. The van der Waals surface area contributed by atoms with Crippen LogP contribution >= 0.6 is 0 Å². The van der Waals surface area contributed by atoms with Crippen LogP contribution in [0.25, 0.3) is 0 Å². The SMILES string of the molecule is CC(C)(C)CC(=O)Nc1ccnn1C1CCCCC1. The lowest BCUT2D eigenvalue weighted by atomic mass is 9.92. The summed E-state index contributed by atoms with van der Waals surface area (Å²) in [6, 6.07) is 2.35.